The molecular weight excluding hydrogens is 356 g/mol. The van der Waals surface area contributed by atoms with Crippen molar-refractivity contribution in [3.05, 3.63) is 120 Å². The summed E-state index contributed by atoms with van der Waals surface area (Å²) in [7, 11) is 0. The molecule has 3 heteroatoms. The zero-order valence-corrected chi connectivity index (χ0v) is 15.7. The SMILES string of the molecule is O=c1c2ccccc2c(-c2ccccc2)c(-c2ccccc2)n1-c1ccccn1. The van der Waals surface area contributed by atoms with Gasteiger partial charge in [-0.05, 0) is 34.7 Å². The number of pyridine rings is 2. The summed E-state index contributed by atoms with van der Waals surface area (Å²) in [6.45, 7) is 0. The first kappa shape index (κ1) is 17.1. The molecule has 0 amide bonds. The van der Waals surface area contributed by atoms with Gasteiger partial charge in [-0.1, -0.05) is 84.9 Å². The molecule has 2 aromatic heterocycles. The molecule has 5 rings (SSSR count). The van der Waals surface area contributed by atoms with E-state index in [2.05, 4.69) is 17.1 Å². The van der Waals surface area contributed by atoms with Crippen LogP contribution in [0.1, 0.15) is 0 Å². The zero-order chi connectivity index (χ0) is 19.6. The highest BCUT2D eigenvalue weighted by atomic mass is 16.1. The second kappa shape index (κ2) is 7.21. The highest BCUT2D eigenvalue weighted by molar-refractivity contribution is 6.03. The minimum absolute atomic E-state index is 0.0714. The van der Waals surface area contributed by atoms with Crippen molar-refractivity contribution in [1.29, 1.82) is 0 Å². The van der Waals surface area contributed by atoms with Gasteiger partial charge in [0.05, 0.1) is 5.69 Å². The molecule has 0 saturated heterocycles. The molecule has 3 nitrogen and oxygen atoms in total. The average molecular weight is 374 g/mol. The molecule has 0 radical (unpaired) electrons. The lowest BCUT2D eigenvalue weighted by Crippen LogP contribution is -2.22. The lowest BCUT2D eigenvalue weighted by atomic mass is 9.93. The van der Waals surface area contributed by atoms with Crippen molar-refractivity contribution in [1.82, 2.24) is 9.55 Å². The number of hydrogen-bond donors (Lipinski definition) is 0. The standard InChI is InChI=1S/C26H18N2O/c29-26-22-16-8-7-15-21(22)24(19-11-3-1-4-12-19)25(20-13-5-2-6-14-20)28(26)23-17-9-10-18-27-23/h1-18H. The Kier molecular flexibility index (Phi) is 4.26. The van der Waals surface area contributed by atoms with Gasteiger partial charge in [0.15, 0.2) is 0 Å². The lowest BCUT2D eigenvalue weighted by molar-refractivity contribution is 0.964. The summed E-state index contributed by atoms with van der Waals surface area (Å²) in [6, 6.07) is 33.7. The van der Waals surface area contributed by atoms with Crippen molar-refractivity contribution in [2.75, 3.05) is 0 Å². The maximum Gasteiger partial charge on any atom is 0.264 e. The molecule has 0 atom stereocenters. The normalized spacial score (nSPS) is 10.9. The van der Waals surface area contributed by atoms with Crippen LogP contribution in [0.15, 0.2) is 114 Å². The van der Waals surface area contributed by atoms with Gasteiger partial charge in [0.25, 0.3) is 5.56 Å². The topological polar surface area (TPSA) is 34.9 Å². The van der Waals surface area contributed by atoms with Crippen molar-refractivity contribution in [3.63, 3.8) is 0 Å². The maximum absolute atomic E-state index is 13.6. The summed E-state index contributed by atoms with van der Waals surface area (Å²) in [5.41, 5.74) is 3.83. The van der Waals surface area contributed by atoms with Gasteiger partial charge in [-0.2, -0.15) is 0 Å². The van der Waals surface area contributed by atoms with E-state index >= 15 is 0 Å². The third kappa shape index (κ3) is 2.93. The second-order valence-electron chi connectivity index (χ2n) is 6.83. The van der Waals surface area contributed by atoms with Gasteiger partial charge in [0.1, 0.15) is 5.82 Å². The lowest BCUT2D eigenvalue weighted by Gasteiger charge is -2.20. The number of fused-ring (bicyclic) bond motifs is 1. The van der Waals surface area contributed by atoms with Crippen molar-refractivity contribution in [2.45, 2.75) is 0 Å². The summed E-state index contributed by atoms with van der Waals surface area (Å²) < 4.78 is 1.74. The highest BCUT2D eigenvalue weighted by Gasteiger charge is 2.20. The van der Waals surface area contributed by atoms with Crippen molar-refractivity contribution >= 4 is 10.8 Å². The van der Waals surface area contributed by atoms with E-state index < -0.39 is 0 Å². The maximum atomic E-state index is 13.6. The van der Waals surface area contributed by atoms with E-state index in [1.807, 2.05) is 91.0 Å². The summed E-state index contributed by atoms with van der Waals surface area (Å²) in [4.78, 5) is 18.1. The molecule has 0 aliphatic heterocycles. The van der Waals surface area contributed by atoms with Gasteiger partial charge in [-0.15, -0.1) is 0 Å². The Bertz CT molecular complexity index is 1340. The number of aromatic nitrogens is 2. The Hall–Kier alpha value is -3.98. The molecule has 0 aliphatic carbocycles. The fourth-order valence-electron chi connectivity index (χ4n) is 3.82. The van der Waals surface area contributed by atoms with Crippen LogP contribution in [-0.4, -0.2) is 9.55 Å². The first-order valence-corrected chi connectivity index (χ1v) is 9.54. The van der Waals surface area contributed by atoms with Gasteiger partial charge in [0, 0.05) is 17.1 Å². The predicted octanol–water partition coefficient (Wildman–Crippen LogP) is 5.72. The molecule has 0 unspecified atom stereocenters. The number of benzene rings is 3. The molecule has 0 saturated carbocycles. The molecule has 3 aromatic carbocycles. The van der Waals surface area contributed by atoms with Crippen LogP contribution in [0.5, 0.6) is 0 Å². The predicted molar refractivity (Wildman–Crippen MR) is 118 cm³/mol. The molecule has 0 aliphatic rings. The van der Waals surface area contributed by atoms with E-state index in [-0.39, 0.29) is 5.56 Å². The Morgan fingerprint density at radius 3 is 1.83 bits per heavy atom. The average Bonchev–Trinajstić information content (AvgIpc) is 2.81. The monoisotopic (exact) mass is 374 g/mol. The summed E-state index contributed by atoms with van der Waals surface area (Å²) in [5, 5.41) is 1.62. The van der Waals surface area contributed by atoms with Gasteiger partial charge < -0.3 is 0 Å². The van der Waals surface area contributed by atoms with Crippen LogP contribution in [-0.2, 0) is 0 Å². The van der Waals surface area contributed by atoms with Gasteiger partial charge in [-0.3, -0.25) is 9.36 Å². The largest absolute Gasteiger partial charge is 0.268 e. The summed E-state index contributed by atoms with van der Waals surface area (Å²) >= 11 is 0. The molecule has 2 heterocycles. The minimum atomic E-state index is -0.0714. The van der Waals surface area contributed by atoms with Crippen LogP contribution >= 0.6 is 0 Å². The fraction of sp³-hybridized carbons (Fsp3) is 0. The van der Waals surface area contributed by atoms with Gasteiger partial charge in [0.2, 0.25) is 0 Å². The van der Waals surface area contributed by atoms with E-state index in [9.17, 15) is 4.79 Å². The zero-order valence-electron chi connectivity index (χ0n) is 15.7. The van der Waals surface area contributed by atoms with Crippen LogP contribution in [0, 0.1) is 0 Å². The van der Waals surface area contributed by atoms with Crippen molar-refractivity contribution < 1.29 is 0 Å². The van der Waals surface area contributed by atoms with Gasteiger partial charge in [-0.25, -0.2) is 4.98 Å². The number of rotatable bonds is 3. The third-order valence-corrected chi connectivity index (χ3v) is 5.08. The van der Waals surface area contributed by atoms with Gasteiger partial charge >= 0.3 is 0 Å². The molecule has 29 heavy (non-hydrogen) atoms. The Labute approximate surface area is 168 Å². The molecule has 5 aromatic rings. The highest BCUT2D eigenvalue weighted by Crippen LogP contribution is 2.37. The smallest absolute Gasteiger partial charge is 0.264 e. The van der Waals surface area contributed by atoms with Crippen LogP contribution in [0.2, 0.25) is 0 Å². The van der Waals surface area contributed by atoms with Crippen LogP contribution < -0.4 is 5.56 Å². The van der Waals surface area contributed by atoms with E-state index in [1.54, 1.807) is 10.8 Å². The number of nitrogens with zero attached hydrogens (tertiary/aromatic N) is 2. The molecule has 0 fully saturated rings. The second-order valence-corrected chi connectivity index (χ2v) is 6.83. The fourth-order valence-corrected chi connectivity index (χ4v) is 3.82. The van der Waals surface area contributed by atoms with E-state index in [1.165, 1.54) is 0 Å². The molecule has 0 bridgehead atoms. The Morgan fingerprint density at radius 2 is 1.17 bits per heavy atom. The molecular formula is C26H18N2O. The van der Waals surface area contributed by atoms with E-state index in [4.69, 9.17) is 0 Å². The number of hydrogen-bond acceptors (Lipinski definition) is 2. The third-order valence-electron chi connectivity index (χ3n) is 5.08. The quantitative estimate of drug-likeness (QED) is 0.405. The Balaban J connectivity index is 2.04. The van der Waals surface area contributed by atoms with Crippen LogP contribution in [0.3, 0.4) is 0 Å². The summed E-state index contributed by atoms with van der Waals surface area (Å²) in [5.74, 6) is 0.610. The molecule has 0 N–H and O–H groups in total. The minimum Gasteiger partial charge on any atom is -0.268 e. The first-order chi connectivity index (χ1) is 14.3. The molecule has 138 valence electrons. The van der Waals surface area contributed by atoms with Crippen LogP contribution in [0.4, 0.5) is 0 Å². The van der Waals surface area contributed by atoms with E-state index in [0.29, 0.717) is 11.2 Å². The van der Waals surface area contributed by atoms with Crippen LogP contribution in [0.25, 0.3) is 39.0 Å². The Morgan fingerprint density at radius 1 is 0.586 bits per heavy atom. The summed E-state index contributed by atoms with van der Waals surface area (Å²) in [6.07, 6.45) is 1.72. The van der Waals surface area contributed by atoms with Crippen molar-refractivity contribution in [2.24, 2.45) is 0 Å². The van der Waals surface area contributed by atoms with E-state index in [0.717, 1.165) is 27.8 Å². The molecule has 0 spiro atoms. The first-order valence-electron chi connectivity index (χ1n) is 9.54. The van der Waals surface area contributed by atoms with Crippen molar-refractivity contribution in [3.8, 4) is 28.2 Å².